The molecule has 0 aromatic heterocycles. The van der Waals surface area contributed by atoms with Gasteiger partial charge in [-0.2, -0.15) is 0 Å². The summed E-state index contributed by atoms with van der Waals surface area (Å²) in [5.74, 6) is -0.409. The molecular weight excluding hydrogens is 214 g/mol. The van der Waals surface area contributed by atoms with Crippen molar-refractivity contribution < 1.29 is 9.53 Å². The van der Waals surface area contributed by atoms with Gasteiger partial charge in [0.25, 0.3) is 0 Å². The lowest BCUT2D eigenvalue weighted by Gasteiger charge is -2.11. The molecule has 0 aliphatic rings. The van der Waals surface area contributed by atoms with Gasteiger partial charge in [-0.15, -0.1) is 12.4 Å². The topological polar surface area (TPSA) is 52.3 Å². The van der Waals surface area contributed by atoms with Crippen LogP contribution in [0.1, 0.15) is 22.7 Å². The molecule has 0 spiro atoms. The zero-order valence-corrected chi connectivity index (χ0v) is 9.93. The standard InChI is InChI=1S/C11H15NO2.ClH/c1-7-4-5-9(6-8(7)2)10(12)11(13)14-3;/h4-6,10H,12H2,1-3H3;1H/t10-;/m1./s1. The lowest BCUT2D eigenvalue weighted by Crippen LogP contribution is -2.22. The Labute approximate surface area is 96.0 Å². The van der Waals surface area contributed by atoms with Gasteiger partial charge >= 0.3 is 5.97 Å². The van der Waals surface area contributed by atoms with Crippen molar-refractivity contribution in [1.29, 1.82) is 0 Å². The molecule has 0 fully saturated rings. The number of carbonyl (C=O) groups is 1. The van der Waals surface area contributed by atoms with Crippen molar-refractivity contribution in [3.63, 3.8) is 0 Å². The van der Waals surface area contributed by atoms with Gasteiger partial charge in [-0.25, -0.2) is 0 Å². The number of nitrogens with two attached hydrogens (primary N) is 1. The third-order valence-corrected chi connectivity index (χ3v) is 2.35. The average molecular weight is 230 g/mol. The van der Waals surface area contributed by atoms with Gasteiger partial charge in [-0.1, -0.05) is 18.2 Å². The van der Waals surface area contributed by atoms with E-state index >= 15 is 0 Å². The van der Waals surface area contributed by atoms with Gasteiger partial charge < -0.3 is 10.5 Å². The van der Waals surface area contributed by atoms with Crippen LogP contribution in [0.4, 0.5) is 0 Å². The quantitative estimate of drug-likeness (QED) is 0.789. The van der Waals surface area contributed by atoms with Crippen LogP contribution in [-0.4, -0.2) is 13.1 Å². The highest BCUT2D eigenvalue weighted by Crippen LogP contribution is 2.16. The zero-order valence-electron chi connectivity index (χ0n) is 9.11. The highest BCUT2D eigenvalue weighted by atomic mass is 35.5. The van der Waals surface area contributed by atoms with Crippen molar-refractivity contribution in [3.8, 4) is 0 Å². The summed E-state index contributed by atoms with van der Waals surface area (Å²) >= 11 is 0. The van der Waals surface area contributed by atoms with Crippen LogP contribution in [0.5, 0.6) is 0 Å². The van der Waals surface area contributed by atoms with Crippen LogP contribution < -0.4 is 5.73 Å². The number of ether oxygens (including phenoxy) is 1. The Morgan fingerprint density at radius 3 is 2.40 bits per heavy atom. The summed E-state index contributed by atoms with van der Waals surface area (Å²) < 4.78 is 4.57. The fourth-order valence-corrected chi connectivity index (χ4v) is 1.22. The van der Waals surface area contributed by atoms with Crippen molar-refractivity contribution >= 4 is 18.4 Å². The summed E-state index contributed by atoms with van der Waals surface area (Å²) in [4.78, 5) is 11.2. The second kappa shape index (κ2) is 5.73. The maximum absolute atomic E-state index is 11.2. The first-order chi connectivity index (χ1) is 6.56. The molecule has 0 unspecified atom stereocenters. The van der Waals surface area contributed by atoms with E-state index in [0.717, 1.165) is 11.1 Å². The summed E-state index contributed by atoms with van der Waals surface area (Å²) in [5, 5.41) is 0. The van der Waals surface area contributed by atoms with Gasteiger partial charge in [0.2, 0.25) is 0 Å². The Morgan fingerprint density at radius 2 is 1.93 bits per heavy atom. The molecular formula is C11H16ClNO2. The molecule has 1 aromatic rings. The van der Waals surface area contributed by atoms with E-state index in [-0.39, 0.29) is 12.4 Å². The van der Waals surface area contributed by atoms with Crippen LogP contribution in [0.25, 0.3) is 0 Å². The SMILES string of the molecule is COC(=O)[C@H](N)c1ccc(C)c(C)c1.Cl. The molecule has 84 valence electrons. The average Bonchev–Trinajstić information content (AvgIpc) is 2.20. The van der Waals surface area contributed by atoms with E-state index in [1.165, 1.54) is 12.7 Å². The minimum Gasteiger partial charge on any atom is -0.468 e. The lowest BCUT2D eigenvalue weighted by atomic mass is 10.0. The molecule has 0 bridgehead atoms. The second-order valence-electron chi connectivity index (χ2n) is 3.34. The predicted octanol–water partition coefficient (Wildman–Crippen LogP) is 1.90. The minimum atomic E-state index is -0.681. The molecule has 1 aromatic carbocycles. The highest BCUT2D eigenvalue weighted by Gasteiger charge is 2.15. The van der Waals surface area contributed by atoms with Gasteiger partial charge in [0.05, 0.1) is 7.11 Å². The molecule has 0 radical (unpaired) electrons. The smallest absolute Gasteiger partial charge is 0.327 e. The normalized spacial score (nSPS) is 11.5. The molecule has 0 saturated heterocycles. The highest BCUT2D eigenvalue weighted by molar-refractivity contribution is 5.85. The van der Waals surface area contributed by atoms with Crippen LogP contribution >= 0.6 is 12.4 Å². The monoisotopic (exact) mass is 229 g/mol. The maximum Gasteiger partial charge on any atom is 0.327 e. The van der Waals surface area contributed by atoms with E-state index in [0.29, 0.717) is 0 Å². The van der Waals surface area contributed by atoms with Gasteiger partial charge in [0, 0.05) is 0 Å². The molecule has 3 nitrogen and oxygen atoms in total. The van der Waals surface area contributed by atoms with E-state index < -0.39 is 12.0 Å². The van der Waals surface area contributed by atoms with E-state index in [4.69, 9.17) is 5.73 Å². The molecule has 4 heteroatoms. The molecule has 2 N–H and O–H groups in total. The van der Waals surface area contributed by atoms with Gasteiger partial charge in [-0.3, -0.25) is 4.79 Å². The summed E-state index contributed by atoms with van der Waals surface area (Å²) in [6, 6.07) is 5.04. The minimum absolute atomic E-state index is 0. The number of halogens is 1. The number of hydrogen-bond donors (Lipinski definition) is 1. The first kappa shape index (κ1) is 13.9. The van der Waals surface area contributed by atoms with Crippen LogP contribution in [0.3, 0.4) is 0 Å². The molecule has 1 rings (SSSR count). The molecule has 0 aliphatic carbocycles. The van der Waals surface area contributed by atoms with Gasteiger partial charge in [-0.05, 0) is 30.5 Å². The van der Waals surface area contributed by atoms with E-state index in [2.05, 4.69) is 4.74 Å². The van der Waals surface area contributed by atoms with Crippen molar-refractivity contribution in [1.82, 2.24) is 0 Å². The Balaban J connectivity index is 0.00000196. The van der Waals surface area contributed by atoms with Gasteiger partial charge in [0.1, 0.15) is 6.04 Å². The molecule has 0 amide bonds. The summed E-state index contributed by atoms with van der Waals surface area (Å²) in [6.45, 7) is 4.01. The first-order valence-corrected chi connectivity index (χ1v) is 4.47. The number of hydrogen-bond acceptors (Lipinski definition) is 3. The van der Waals surface area contributed by atoms with Crippen molar-refractivity contribution in [2.45, 2.75) is 19.9 Å². The summed E-state index contributed by atoms with van der Waals surface area (Å²) in [5.41, 5.74) is 8.80. The Bertz CT molecular complexity index is 352. The third kappa shape index (κ3) is 3.22. The van der Waals surface area contributed by atoms with E-state index in [1.807, 2.05) is 32.0 Å². The van der Waals surface area contributed by atoms with Crippen molar-refractivity contribution in [3.05, 3.63) is 34.9 Å². The van der Waals surface area contributed by atoms with Crippen molar-refractivity contribution in [2.75, 3.05) is 7.11 Å². The molecule has 0 heterocycles. The van der Waals surface area contributed by atoms with Crippen LogP contribution in [0.2, 0.25) is 0 Å². The van der Waals surface area contributed by atoms with Gasteiger partial charge in [0.15, 0.2) is 0 Å². The Morgan fingerprint density at radius 1 is 1.33 bits per heavy atom. The number of rotatable bonds is 2. The number of benzene rings is 1. The zero-order chi connectivity index (χ0) is 10.7. The fraction of sp³-hybridized carbons (Fsp3) is 0.364. The van der Waals surface area contributed by atoms with Crippen LogP contribution in [0, 0.1) is 13.8 Å². The van der Waals surface area contributed by atoms with E-state index in [9.17, 15) is 4.79 Å². The number of esters is 1. The van der Waals surface area contributed by atoms with Crippen molar-refractivity contribution in [2.24, 2.45) is 5.73 Å². The molecule has 0 saturated carbocycles. The first-order valence-electron chi connectivity index (χ1n) is 4.47. The Kier molecular flexibility index (Phi) is 5.33. The molecule has 0 aliphatic heterocycles. The summed E-state index contributed by atoms with van der Waals surface area (Å²) in [7, 11) is 1.34. The van der Waals surface area contributed by atoms with Crippen LogP contribution in [0.15, 0.2) is 18.2 Å². The largest absolute Gasteiger partial charge is 0.468 e. The number of aryl methyl sites for hydroxylation is 2. The third-order valence-electron chi connectivity index (χ3n) is 2.35. The maximum atomic E-state index is 11.2. The van der Waals surface area contributed by atoms with Crippen LogP contribution in [-0.2, 0) is 9.53 Å². The molecule has 1 atom stereocenters. The Hall–Kier alpha value is -1.06. The molecule has 15 heavy (non-hydrogen) atoms. The van der Waals surface area contributed by atoms with E-state index in [1.54, 1.807) is 0 Å². The predicted molar refractivity (Wildman–Crippen MR) is 62.1 cm³/mol. The summed E-state index contributed by atoms with van der Waals surface area (Å²) in [6.07, 6.45) is 0. The lowest BCUT2D eigenvalue weighted by molar-refractivity contribution is -0.142. The number of methoxy groups -OCH3 is 1. The fourth-order valence-electron chi connectivity index (χ4n) is 1.22. The second-order valence-corrected chi connectivity index (χ2v) is 3.34. The number of carbonyl (C=O) groups excluding carboxylic acids is 1.